The quantitative estimate of drug-likeness (QED) is 0.540. The number of benzene rings is 2. The average Bonchev–Trinajstić information content (AvgIpc) is 3.03. The number of carbonyl (C=O) groups excluding carboxylic acids is 1. The highest BCUT2D eigenvalue weighted by Gasteiger charge is 2.24. The molecule has 1 amide bonds. The Kier molecular flexibility index (Phi) is 7.08. The first-order chi connectivity index (χ1) is 14.3. The lowest BCUT2D eigenvalue weighted by atomic mass is 10.1. The highest BCUT2D eigenvalue weighted by atomic mass is 79.9. The van der Waals surface area contributed by atoms with Crippen LogP contribution in [0, 0.1) is 25.2 Å². The Hall–Kier alpha value is -2.47. The van der Waals surface area contributed by atoms with Gasteiger partial charge in [0.1, 0.15) is 6.07 Å². The first-order valence-electron chi connectivity index (χ1n) is 8.76. The summed E-state index contributed by atoms with van der Waals surface area (Å²) < 4.78 is 11.7. The Balaban J connectivity index is 1.88. The van der Waals surface area contributed by atoms with E-state index in [0.29, 0.717) is 21.4 Å². The molecule has 2 aromatic rings. The zero-order valence-corrected chi connectivity index (χ0v) is 19.5. The standard InChI is InChI=1S/C21H17BrClN3O3S/c1-11-6-14(7-12(2)18(11)22)25-21-26-20(27)17(30-21)10-13-8-15(23)19(29-5-4-24)16(9-13)28-3/h6-10H,5H2,1-3H3,(H,25,26,27)/b17-10-. The number of methoxy groups -OCH3 is 1. The van der Waals surface area contributed by atoms with Gasteiger partial charge >= 0.3 is 0 Å². The minimum Gasteiger partial charge on any atom is -0.493 e. The summed E-state index contributed by atoms with van der Waals surface area (Å²) in [6.45, 7) is 3.84. The smallest absolute Gasteiger partial charge is 0.264 e. The van der Waals surface area contributed by atoms with Crippen LogP contribution >= 0.6 is 39.3 Å². The molecule has 0 unspecified atom stereocenters. The number of aliphatic imine (C=N–C) groups is 1. The van der Waals surface area contributed by atoms with Crippen molar-refractivity contribution in [1.82, 2.24) is 5.32 Å². The molecule has 0 spiro atoms. The Labute approximate surface area is 192 Å². The summed E-state index contributed by atoms with van der Waals surface area (Å²) in [4.78, 5) is 17.4. The minimum absolute atomic E-state index is 0.149. The third-order valence-electron chi connectivity index (χ3n) is 4.13. The summed E-state index contributed by atoms with van der Waals surface area (Å²) in [7, 11) is 1.48. The number of hydrogen-bond donors (Lipinski definition) is 1. The van der Waals surface area contributed by atoms with Crippen LogP contribution in [0.5, 0.6) is 11.5 Å². The third-order valence-corrected chi connectivity index (χ3v) is 6.57. The molecule has 9 heteroatoms. The predicted octanol–water partition coefficient (Wildman–Crippen LogP) is 5.52. The van der Waals surface area contributed by atoms with E-state index in [4.69, 9.17) is 26.3 Å². The molecule has 0 bridgehead atoms. The lowest BCUT2D eigenvalue weighted by Crippen LogP contribution is -2.19. The lowest BCUT2D eigenvalue weighted by Gasteiger charge is -2.11. The van der Waals surface area contributed by atoms with E-state index in [1.807, 2.05) is 32.0 Å². The van der Waals surface area contributed by atoms with E-state index < -0.39 is 0 Å². The molecular formula is C21H17BrClN3O3S. The van der Waals surface area contributed by atoms with E-state index in [-0.39, 0.29) is 23.3 Å². The molecule has 1 N–H and O–H groups in total. The van der Waals surface area contributed by atoms with E-state index in [0.717, 1.165) is 21.3 Å². The number of amidine groups is 1. The maximum atomic E-state index is 12.4. The number of ether oxygens (including phenoxy) is 2. The van der Waals surface area contributed by atoms with E-state index >= 15 is 0 Å². The van der Waals surface area contributed by atoms with Crippen LogP contribution in [0.15, 0.2) is 38.6 Å². The molecule has 154 valence electrons. The van der Waals surface area contributed by atoms with E-state index in [1.165, 1.54) is 18.9 Å². The number of hydrogen-bond acceptors (Lipinski definition) is 6. The summed E-state index contributed by atoms with van der Waals surface area (Å²) in [5.74, 6) is 0.418. The van der Waals surface area contributed by atoms with Crippen LogP contribution < -0.4 is 14.8 Å². The number of carbonyl (C=O) groups is 1. The van der Waals surface area contributed by atoms with Crippen LogP contribution in [0.1, 0.15) is 16.7 Å². The van der Waals surface area contributed by atoms with Gasteiger partial charge in [-0.15, -0.1) is 0 Å². The van der Waals surface area contributed by atoms with Crippen molar-refractivity contribution >= 4 is 62.1 Å². The lowest BCUT2D eigenvalue weighted by molar-refractivity contribution is -0.115. The fourth-order valence-electron chi connectivity index (χ4n) is 2.80. The Morgan fingerprint density at radius 3 is 2.63 bits per heavy atom. The molecule has 1 aliphatic heterocycles. The average molecular weight is 507 g/mol. The van der Waals surface area contributed by atoms with Crippen molar-refractivity contribution in [2.75, 3.05) is 13.7 Å². The number of amides is 1. The zero-order chi connectivity index (χ0) is 21.8. The number of nitrogens with one attached hydrogen (secondary N) is 1. The number of halogens is 2. The van der Waals surface area contributed by atoms with Crippen molar-refractivity contribution in [2.45, 2.75) is 13.8 Å². The molecule has 1 fully saturated rings. The molecular weight excluding hydrogens is 490 g/mol. The predicted molar refractivity (Wildman–Crippen MR) is 124 cm³/mol. The molecule has 0 aromatic heterocycles. The first kappa shape index (κ1) is 22.2. The van der Waals surface area contributed by atoms with Gasteiger partial charge in [0.25, 0.3) is 5.91 Å². The Morgan fingerprint density at radius 2 is 2.00 bits per heavy atom. The summed E-state index contributed by atoms with van der Waals surface area (Å²) >= 11 is 11.1. The van der Waals surface area contributed by atoms with Gasteiger partial charge in [0.2, 0.25) is 0 Å². The Bertz CT molecular complexity index is 1100. The summed E-state index contributed by atoms with van der Waals surface area (Å²) in [6.07, 6.45) is 1.70. The topological polar surface area (TPSA) is 83.7 Å². The van der Waals surface area contributed by atoms with Gasteiger partial charge in [-0.25, -0.2) is 4.99 Å². The van der Waals surface area contributed by atoms with Crippen molar-refractivity contribution in [3.05, 3.63) is 55.4 Å². The molecule has 1 saturated heterocycles. The van der Waals surface area contributed by atoms with Gasteiger partial charge in [0, 0.05) is 4.47 Å². The van der Waals surface area contributed by atoms with Gasteiger partial charge in [-0.3, -0.25) is 4.79 Å². The molecule has 0 radical (unpaired) electrons. The van der Waals surface area contributed by atoms with E-state index in [1.54, 1.807) is 18.2 Å². The summed E-state index contributed by atoms with van der Waals surface area (Å²) in [5.41, 5.74) is 3.57. The summed E-state index contributed by atoms with van der Waals surface area (Å²) in [5, 5.41) is 12.3. The number of aryl methyl sites for hydroxylation is 2. The first-order valence-corrected chi connectivity index (χ1v) is 10.7. The van der Waals surface area contributed by atoms with Crippen molar-refractivity contribution < 1.29 is 14.3 Å². The Morgan fingerprint density at radius 1 is 1.30 bits per heavy atom. The second-order valence-electron chi connectivity index (χ2n) is 6.36. The molecule has 2 aromatic carbocycles. The maximum Gasteiger partial charge on any atom is 0.264 e. The molecule has 6 nitrogen and oxygen atoms in total. The highest BCUT2D eigenvalue weighted by molar-refractivity contribution is 9.10. The second kappa shape index (κ2) is 9.56. The van der Waals surface area contributed by atoms with Crippen molar-refractivity contribution in [2.24, 2.45) is 4.99 Å². The van der Waals surface area contributed by atoms with Gasteiger partial charge in [-0.05, 0) is 72.6 Å². The molecule has 30 heavy (non-hydrogen) atoms. The van der Waals surface area contributed by atoms with Gasteiger partial charge in [-0.1, -0.05) is 27.5 Å². The van der Waals surface area contributed by atoms with Crippen LogP contribution in [0.3, 0.4) is 0 Å². The van der Waals surface area contributed by atoms with Crippen molar-refractivity contribution in [1.29, 1.82) is 5.26 Å². The van der Waals surface area contributed by atoms with Gasteiger partial charge in [0.15, 0.2) is 23.3 Å². The normalized spacial score (nSPS) is 15.9. The summed E-state index contributed by atoms with van der Waals surface area (Å²) in [6, 6.07) is 9.12. The van der Waals surface area contributed by atoms with Crippen LogP contribution in [-0.2, 0) is 4.79 Å². The number of nitrogens with zero attached hydrogens (tertiary/aromatic N) is 2. The minimum atomic E-state index is -0.246. The van der Waals surface area contributed by atoms with Gasteiger partial charge in [-0.2, -0.15) is 5.26 Å². The van der Waals surface area contributed by atoms with E-state index in [9.17, 15) is 4.79 Å². The van der Waals surface area contributed by atoms with Gasteiger partial charge < -0.3 is 14.8 Å². The monoisotopic (exact) mass is 505 g/mol. The van der Waals surface area contributed by atoms with Crippen molar-refractivity contribution in [3.8, 4) is 17.6 Å². The molecule has 0 atom stereocenters. The highest BCUT2D eigenvalue weighted by Crippen LogP contribution is 2.38. The molecule has 1 aliphatic rings. The molecule has 0 aliphatic carbocycles. The zero-order valence-electron chi connectivity index (χ0n) is 16.4. The molecule has 0 saturated carbocycles. The van der Waals surface area contributed by atoms with Crippen LogP contribution in [0.25, 0.3) is 6.08 Å². The fourth-order valence-corrected chi connectivity index (χ4v) is 4.15. The van der Waals surface area contributed by atoms with Crippen LogP contribution in [0.4, 0.5) is 5.69 Å². The largest absolute Gasteiger partial charge is 0.493 e. The molecule has 3 rings (SSSR count). The van der Waals surface area contributed by atoms with Crippen LogP contribution in [-0.4, -0.2) is 24.8 Å². The number of thioether (sulfide) groups is 1. The number of nitriles is 1. The fraction of sp³-hybridized carbons (Fsp3) is 0.190. The third kappa shape index (κ3) is 4.98. The maximum absolute atomic E-state index is 12.4. The number of rotatable bonds is 5. The molecule has 1 heterocycles. The van der Waals surface area contributed by atoms with Crippen molar-refractivity contribution in [3.63, 3.8) is 0 Å². The van der Waals surface area contributed by atoms with E-state index in [2.05, 4.69) is 26.2 Å². The second-order valence-corrected chi connectivity index (χ2v) is 8.59. The van der Waals surface area contributed by atoms with Gasteiger partial charge in [0.05, 0.1) is 22.7 Å². The SMILES string of the molecule is COc1cc(/C=C2\SC(=Nc3cc(C)c(Br)c(C)c3)NC2=O)cc(Cl)c1OCC#N. The van der Waals surface area contributed by atoms with Crippen LogP contribution in [0.2, 0.25) is 5.02 Å².